The summed E-state index contributed by atoms with van der Waals surface area (Å²) in [6.45, 7) is 4.25. The van der Waals surface area contributed by atoms with E-state index in [0.29, 0.717) is 17.8 Å². The van der Waals surface area contributed by atoms with Gasteiger partial charge in [0.15, 0.2) is 0 Å². The molecule has 1 aromatic rings. The van der Waals surface area contributed by atoms with Gasteiger partial charge in [0, 0.05) is 45.3 Å². The Morgan fingerprint density at radius 1 is 1.44 bits per heavy atom. The summed E-state index contributed by atoms with van der Waals surface area (Å²) >= 11 is 0. The van der Waals surface area contributed by atoms with Crippen molar-refractivity contribution in [1.82, 2.24) is 10.2 Å². The van der Waals surface area contributed by atoms with Gasteiger partial charge in [-0.15, -0.1) is 0 Å². The van der Waals surface area contributed by atoms with Crippen LogP contribution in [0.1, 0.15) is 11.1 Å². The molecule has 0 amide bonds. The zero-order valence-electron chi connectivity index (χ0n) is 10.5. The fraction of sp³-hybridized carbons (Fsp3) is 0.462. The third-order valence-electron chi connectivity index (χ3n) is 3.21. The number of nitrogens with zero attached hydrogens (tertiary/aromatic N) is 2. The van der Waals surface area contributed by atoms with Crippen molar-refractivity contribution in [2.24, 2.45) is 0 Å². The Bertz CT molecular complexity index is 461. The van der Waals surface area contributed by atoms with Crippen molar-refractivity contribution in [3.63, 3.8) is 0 Å². The highest BCUT2D eigenvalue weighted by atomic mass is 19.1. The Morgan fingerprint density at radius 2 is 2.17 bits per heavy atom. The van der Waals surface area contributed by atoms with Gasteiger partial charge in [0.2, 0.25) is 0 Å². The summed E-state index contributed by atoms with van der Waals surface area (Å²) < 4.78 is 14.2. The van der Waals surface area contributed by atoms with Crippen molar-refractivity contribution < 1.29 is 4.39 Å². The minimum Gasteiger partial charge on any atom is -0.387 e. The topological polar surface area (TPSA) is 51.1 Å². The monoisotopic (exact) mass is 248 g/mol. The average Bonchev–Trinajstić information content (AvgIpc) is 2.42. The molecule has 4 nitrogen and oxygen atoms in total. The summed E-state index contributed by atoms with van der Waals surface area (Å²) in [5.41, 5.74) is 1.23. The van der Waals surface area contributed by atoms with Crippen LogP contribution in [0.15, 0.2) is 12.1 Å². The standard InChI is InChI=1S/C13H17FN4/c1-16-12-3-2-10(13(14)11(12)8-15)9-18-6-4-17-5-7-18/h2-3,16-17H,4-7,9H2,1H3. The summed E-state index contributed by atoms with van der Waals surface area (Å²) in [5.74, 6) is -0.400. The normalized spacial score (nSPS) is 16.3. The highest BCUT2D eigenvalue weighted by Gasteiger charge is 2.16. The van der Waals surface area contributed by atoms with Crippen molar-refractivity contribution >= 4 is 5.69 Å². The van der Waals surface area contributed by atoms with Gasteiger partial charge >= 0.3 is 0 Å². The minimum atomic E-state index is -0.400. The predicted octanol–water partition coefficient (Wildman–Crippen LogP) is 1.14. The van der Waals surface area contributed by atoms with Crippen LogP contribution < -0.4 is 10.6 Å². The number of hydrogen-bond acceptors (Lipinski definition) is 4. The highest BCUT2D eigenvalue weighted by Crippen LogP contribution is 2.22. The molecule has 0 saturated carbocycles. The van der Waals surface area contributed by atoms with Crippen LogP contribution in [-0.4, -0.2) is 38.1 Å². The van der Waals surface area contributed by atoms with Crippen LogP contribution in [0.3, 0.4) is 0 Å². The second kappa shape index (κ2) is 5.80. The number of rotatable bonds is 3. The van der Waals surface area contributed by atoms with E-state index >= 15 is 0 Å². The predicted molar refractivity (Wildman–Crippen MR) is 68.8 cm³/mol. The Balaban J connectivity index is 2.20. The molecule has 1 aliphatic rings. The zero-order chi connectivity index (χ0) is 13.0. The van der Waals surface area contributed by atoms with Gasteiger partial charge in [-0.25, -0.2) is 4.39 Å². The van der Waals surface area contributed by atoms with E-state index in [4.69, 9.17) is 5.26 Å². The lowest BCUT2D eigenvalue weighted by Gasteiger charge is -2.27. The number of benzene rings is 1. The number of piperazine rings is 1. The third kappa shape index (κ3) is 2.61. The van der Waals surface area contributed by atoms with E-state index in [-0.39, 0.29) is 5.56 Å². The number of halogens is 1. The number of anilines is 1. The molecule has 2 N–H and O–H groups in total. The van der Waals surface area contributed by atoms with Crippen molar-refractivity contribution in [1.29, 1.82) is 5.26 Å². The van der Waals surface area contributed by atoms with Crippen LogP contribution in [0.25, 0.3) is 0 Å². The van der Waals surface area contributed by atoms with Gasteiger partial charge in [0.1, 0.15) is 17.4 Å². The SMILES string of the molecule is CNc1ccc(CN2CCNCC2)c(F)c1C#N. The molecular formula is C13H17FN4. The van der Waals surface area contributed by atoms with Crippen LogP contribution in [0.4, 0.5) is 10.1 Å². The molecule has 2 rings (SSSR count). The van der Waals surface area contributed by atoms with Crippen LogP contribution >= 0.6 is 0 Å². The fourth-order valence-corrected chi connectivity index (χ4v) is 2.17. The molecule has 0 radical (unpaired) electrons. The first-order chi connectivity index (χ1) is 8.76. The molecule has 1 aliphatic heterocycles. The summed E-state index contributed by atoms with van der Waals surface area (Å²) in [6, 6.07) is 5.44. The van der Waals surface area contributed by atoms with E-state index in [9.17, 15) is 4.39 Å². The first-order valence-corrected chi connectivity index (χ1v) is 6.08. The molecule has 0 unspecified atom stereocenters. The van der Waals surface area contributed by atoms with Crippen LogP contribution in [0, 0.1) is 17.1 Å². The second-order valence-corrected chi connectivity index (χ2v) is 4.35. The summed E-state index contributed by atoms with van der Waals surface area (Å²) in [7, 11) is 1.69. The largest absolute Gasteiger partial charge is 0.387 e. The Morgan fingerprint density at radius 3 is 2.78 bits per heavy atom. The molecule has 0 aromatic heterocycles. The lowest BCUT2D eigenvalue weighted by molar-refractivity contribution is 0.230. The van der Waals surface area contributed by atoms with Gasteiger partial charge in [-0.05, 0) is 6.07 Å². The van der Waals surface area contributed by atoms with Gasteiger partial charge < -0.3 is 10.6 Å². The molecule has 18 heavy (non-hydrogen) atoms. The van der Waals surface area contributed by atoms with Gasteiger partial charge in [-0.3, -0.25) is 4.90 Å². The molecule has 1 aromatic carbocycles. The zero-order valence-corrected chi connectivity index (χ0v) is 10.5. The lowest BCUT2D eigenvalue weighted by Crippen LogP contribution is -2.43. The van der Waals surface area contributed by atoms with E-state index < -0.39 is 5.82 Å². The smallest absolute Gasteiger partial charge is 0.147 e. The number of nitrogens with one attached hydrogen (secondary N) is 2. The maximum Gasteiger partial charge on any atom is 0.147 e. The summed E-state index contributed by atoms with van der Waals surface area (Å²) in [4.78, 5) is 2.19. The van der Waals surface area contributed by atoms with Crippen molar-refractivity contribution in [3.8, 4) is 6.07 Å². The van der Waals surface area contributed by atoms with E-state index in [0.717, 1.165) is 26.2 Å². The first-order valence-electron chi connectivity index (χ1n) is 6.08. The van der Waals surface area contributed by atoms with E-state index in [1.54, 1.807) is 19.2 Å². The van der Waals surface area contributed by atoms with Gasteiger partial charge in [0.05, 0.1) is 5.69 Å². The van der Waals surface area contributed by atoms with E-state index in [1.165, 1.54) is 0 Å². The Hall–Kier alpha value is -1.64. The van der Waals surface area contributed by atoms with Crippen molar-refractivity contribution in [2.75, 3.05) is 38.5 Å². The Kier molecular flexibility index (Phi) is 4.13. The van der Waals surface area contributed by atoms with Crippen LogP contribution in [0.2, 0.25) is 0 Å². The van der Waals surface area contributed by atoms with E-state index in [2.05, 4.69) is 15.5 Å². The fourth-order valence-electron chi connectivity index (χ4n) is 2.17. The molecule has 1 saturated heterocycles. The highest BCUT2D eigenvalue weighted by molar-refractivity contribution is 5.59. The Labute approximate surface area is 106 Å². The maximum atomic E-state index is 14.2. The lowest BCUT2D eigenvalue weighted by atomic mass is 10.1. The number of hydrogen-bond donors (Lipinski definition) is 2. The molecule has 96 valence electrons. The molecule has 1 heterocycles. The maximum absolute atomic E-state index is 14.2. The molecular weight excluding hydrogens is 231 g/mol. The minimum absolute atomic E-state index is 0.102. The molecule has 1 fully saturated rings. The molecule has 5 heteroatoms. The molecule has 0 spiro atoms. The van der Waals surface area contributed by atoms with Gasteiger partial charge in [-0.1, -0.05) is 6.07 Å². The van der Waals surface area contributed by atoms with Gasteiger partial charge in [-0.2, -0.15) is 5.26 Å². The first kappa shape index (κ1) is 12.8. The van der Waals surface area contributed by atoms with E-state index in [1.807, 2.05) is 6.07 Å². The summed E-state index contributed by atoms with van der Waals surface area (Å²) in [5, 5.41) is 15.1. The average molecular weight is 248 g/mol. The molecule has 0 aliphatic carbocycles. The third-order valence-corrected chi connectivity index (χ3v) is 3.21. The quantitative estimate of drug-likeness (QED) is 0.842. The second-order valence-electron chi connectivity index (χ2n) is 4.35. The van der Waals surface area contributed by atoms with Gasteiger partial charge in [0.25, 0.3) is 0 Å². The molecule has 0 bridgehead atoms. The summed E-state index contributed by atoms with van der Waals surface area (Å²) in [6.07, 6.45) is 0. The van der Waals surface area contributed by atoms with Crippen LogP contribution in [-0.2, 0) is 6.54 Å². The number of nitriles is 1. The van der Waals surface area contributed by atoms with Crippen LogP contribution in [0.5, 0.6) is 0 Å². The van der Waals surface area contributed by atoms with Crippen molar-refractivity contribution in [3.05, 3.63) is 29.1 Å². The van der Waals surface area contributed by atoms with Crippen molar-refractivity contribution in [2.45, 2.75) is 6.54 Å². The molecule has 0 atom stereocenters.